The Morgan fingerprint density at radius 2 is 1.81 bits per heavy atom. The predicted octanol–water partition coefficient (Wildman–Crippen LogP) is 4.43. The van der Waals surface area contributed by atoms with Gasteiger partial charge in [-0.3, -0.25) is 9.69 Å². The van der Waals surface area contributed by atoms with E-state index in [4.69, 9.17) is 9.47 Å². The second-order valence-corrected chi connectivity index (χ2v) is 8.68. The molecule has 1 aliphatic heterocycles. The number of aromatic nitrogens is 2. The summed E-state index contributed by atoms with van der Waals surface area (Å²) in [6.45, 7) is 4.57. The van der Waals surface area contributed by atoms with Crippen molar-refractivity contribution in [1.82, 2.24) is 15.1 Å². The molecule has 1 saturated heterocycles. The van der Waals surface area contributed by atoms with Crippen molar-refractivity contribution in [2.24, 2.45) is 0 Å². The van der Waals surface area contributed by atoms with Crippen molar-refractivity contribution in [2.75, 3.05) is 38.7 Å². The maximum atomic E-state index is 12.6. The van der Waals surface area contributed by atoms with Crippen LogP contribution in [0.15, 0.2) is 48.5 Å². The topological polar surface area (TPSA) is 76.6 Å². The van der Waals surface area contributed by atoms with Crippen LogP contribution >= 0.6 is 11.3 Å². The van der Waals surface area contributed by atoms with Gasteiger partial charge in [0.15, 0.2) is 5.01 Å². The van der Waals surface area contributed by atoms with E-state index in [1.54, 1.807) is 18.4 Å². The smallest absolute Gasteiger partial charge is 0.238 e. The number of methoxy groups -OCH3 is 1. The highest BCUT2D eigenvalue weighted by Crippen LogP contribution is 2.36. The lowest BCUT2D eigenvalue weighted by Crippen LogP contribution is -2.38. The number of carbonyl (C=O) groups is 1. The van der Waals surface area contributed by atoms with Crippen LogP contribution in [-0.2, 0) is 4.79 Å². The zero-order chi connectivity index (χ0) is 22.3. The van der Waals surface area contributed by atoms with E-state index in [0.29, 0.717) is 30.5 Å². The third-order valence-electron chi connectivity index (χ3n) is 5.54. The SMILES string of the molecule is CCOc1ccccc1NC(=O)CN1CCC(c2nnc(-c3ccccc3OC)s2)CC1. The maximum Gasteiger partial charge on any atom is 0.238 e. The Hall–Kier alpha value is -2.97. The molecule has 32 heavy (non-hydrogen) atoms. The lowest BCUT2D eigenvalue weighted by atomic mass is 9.98. The fraction of sp³-hybridized carbons (Fsp3) is 0.375. The molecule has 8 heteroatoms. The molecule has 1 amide bonds. The van der Waals surface area contributed by atoms with Crippen molar-refractivity contribution in [3.05, 3.63) is 53.5 Å². The van der Waals surface area contributed by atoms with E-state index in [2.05, 4.69) is 20.4 Å². The average molecular weight is 453 g/mol. The van der Waals surface area contributed by atoms with Crippen LogP contribution in [0.2, 0.25) is 0 Å². The summed E-state index contributed by atoms with van der Waals surface area (Å²) in [5.74, 6) is 1.85. The zero-order valence-corrected chi connectivity index (χ0v) is 19.2. The number of piperidine rings is 1. The van der Waals surface area contributed by atoms with Crippen LogP contribution in [0.5, 0.6) is 11.5 Å². The van der Waals surface area contributed by atoms with Gasteiger partial charge in [0.25, 0.3) is 0 Å². The van der Waals surface area contributed by atoms with Gasteiger partial charge >= 0.3 is 0 Å². The fourth-order valence-electron chi connectivity index (χ4n) is 3.91. The van der Waals surface area contributed by atoms with Gasteiger partial charge in [-0.15, -0.1) is 10.2 Å². The van der Waals surface area contributed by atoms with Gasteiger partial charge in [0, 0.05) is 5.92 Å². The first-order chi connectivity index (χ1) is 15.7. The molecule has 4 rings (SSSR count). The van der Waals surface area contributed by atoms with Crippen LogP contribution in [0.25, 0.3) is 10.6 Å². The van der Waals surface area contributed by atoms with Crippen LogP contribution in [0.1, 0.15) is 30.7 Å². The van der Waals surface area contributed by atoms with Crippen LogP contribution in [-0.4, -0.2) is 54.4 Å². The van der Waals surface area contributed by atoms with E-state index in [-0.39, 0.29) is 5.91 Å². The van der Waals surface area contributed by atoms with Gasteiger partial charge in [-0.05, 0) is 57.1 Å². The number of ether oxygens (including phenoxy) is 2. The molecule has 2 heterocycles. The number of hydrogen-bond acceptors (Lipinski definition) is 7. The van der Waals surface area contributed by atoms with Crippen molar-refractivity contribution in [1.29, 1.82) is 0 Å². The highest BCUT2D eigenvalue weighted by molar-refractivity contribution is 7.14. The maximum absolute atomic E-state index is 12.6. The number of hydrogen-bond donors (Lipinski definition) is 1. The van der Waals surface area contributed by atoms with Gasteiger partial charge in [-0.25, -0.2) is 0 Å². The standard InChI is InChI=1S/C24H28N4O3S/c1-3-31-21-11-7-5-9-19(21)25-22(29)16-28-14-12-17(13-15-28)23-26-27-24(32-23)18-8-4-6-10-20(18)30-2/h4-11,17H,3,12-16H2,1-2H3,(H,25,29). The van der Waals surface area contributed by atoms with E-state index < -0.39 is 0 Å². The van der Waals surface area contributed by atoms with Gasteiger partial charge in [0.1, 0.15) is 16.5 Å². The van der Waals surface area contributed by atoms with Gasteiger partial charge in [-0.2, -0.15) is 0 Å². The van der Waals surface area contributed by atoms with Gasteiger partial charge < -0.3 is 14.8 Å². The van der Waals surface area contributed by atoms with Crippen molar-refractivity contribution in [3.8, 4) is 22.1 Å². The molecule has 1 N–H and O–H groups in total. The largest absolute Gasteiger partial charge is 0.496 e. The molecular formula is C24H28N4O3S. The van der Waals surface area contributed by atoms with Gasteiger partial charge in [0.05, 0.1) is 31.5 Å². The fourth-order valence-corrected chi connectivity index (χ4v) is 4.95. The second kappa shape index (κ2) is 10.6. The first kappa shape index (κ1) is 22.2. The minimum atomic E-state index is -0.0232. The zero-order valence-electron chi connectivity index (χ0n) is 18.4. The highest BCUT2D eigenvalue weighted by atomic mass is 32.1. The number of carbonyl (C=O) groups excluding carboxylic acids is 1. The lowest BCUT2D eigenvalue weighted by molar-refractivity contribution is -0.117. The van der Waals surface area contributed by atoms with Crippen LogP contribution in [0.3, 0.4) is 0 Å². The summed E-state index contributed by atoms with van der Waals surface area (Å²) in [5, 5.41) is 13.8. The van der Waals surface area contributed by atoms with E-state index in [0.717, 1.165) is 47.3 Å². The molecule has 1 aromatic heterocycles. The van der Waals surface area contributed by atoms with E-state index in [9.17, 15) is 4.79 Å². The lowest BCUT2D eigenvalue weighted by Gasteiger charge is -2.30. The molecule has 0 bridgehead atoms. The van der Waals surface area contributed by atoms with E-state index in [1.807, 2.05) is 55.5 Å². The molecule has 0 spiro atoms. The Kier molecular flexibility index (Phi) is 7.34. The Morgan fingerprint density at radius 3 is 2.56 bits per heavy atom. The number of benzene rings is 2. The number of para-hydroxylation sites is 3. The van der Waals surface area contributed by atoms with E-state index in [1.165, 1.54) is 0 Å². The first-order valence-electron chi connectivity index (χ1n) is 10.9. The summed E-state index contributed by atoms with van der Waals surface area (Å²) in [6.07, 6.45) is 1.92. The Balaban J connectivity index is 1.31. The number of amides is 1. The second-order valence-electron chi connectivity index (χ2n) is 7.67. The molecule has 168 valence electrons. The van der Waals surface area contributed by atoms with Crippen molar-refractivity contribution in [3.63, 3.8) is 0 Å². The van der Waals surface area contributed by atoms with Crippen LogP contribution < -0.4 is 14.8 Å². The van der Waals surface area contributed by atoms with Gasteiger partial charge in [-0.1, -0.05) is 35.6 Å². The summed E-state index contributed by atoms with van der Waals surface area (Å²) in [4.78, 5) is 14.8. The molecule has 3 aromatic rings. The number of anilines is 1. The first-order valence-corrected chi connectivity index (χ1v) is 11.7. The normalized spacial score (nSPS) is 14.8. The Labute approximate surface area is 192 Å². The van der Waals surface area contributed by atoms with Crippen molar-refractivity contribution in [2.45, 2.75) is 25.7 Å². The number of rotatable bonds is 8. The van der Waals surface area contributed by atoms with Gasteiger partial charge in [0.2, 0.25) is 5.91 Å². The molecule has 2 aromatic carbocycles. The third-order valence-corrected chi connectivity index (χ3v) is 6.66. The average Bonchev–Trinajstić information content (AvgIpc) is 3.31. The molecule has 0 atom stereocenters. The Bertz CT molecular complexity index is 1050. The molecule has 0 saturated carbocycles. The molecule has 0 radical (unpaired) electrons. The van der Waals surface area contributed by atoms with Crippen molar-refractivity contribution >= 4 is 22.9 Å². The number of likely N-dealkylation sites (tertiary alicyclic amines) is 1. The minimum Gasteiger partial charge on any atom is -0.496 e. The number of nitrogens with one attached hydrogen (secondary N) is 1. The highest BCUT2D eigenvalue weighted by Gasteiger charge is 2.25. The minimum absolute atomic E-state index is 0.0232. The summed E-state index contributed by atoms with van der Waals surface area (Å²) >= 11 is 1.63. The third kappa shape index (κ3) is 5.26. The van der Waals surface area contributed by atoms with E-state index >= 15 is 0 Å². The molecule has 7 nitrogen and oxygen atoms in total. The van der Waals surface area contributed by atoms with Crippen molar-refractivity contribution < 1.29 is 14.3 Å². The summed E-state index contributed by atoms with van der Waals surface area (Å²) in [6, 6.07) is 15.4. The Morgan fingerprint density at radius 1 is 1.09 bits per heavy atom. The number of nitrogens with zero attached hydrogens (tertiary/aromatic N) is 3. The molecular weight excluding hydrogens is 424 g/mol. The predicted molar refractivity (Wildman–Crippen MR) is 127 cm³/mol. The van der Waals surface area contributed by atoms with Crippen LogP contribution in [0.4, 0.5) is 5.69 Å². The monoisotopic (exact) mass is 452 g/mol. The van der Waals surface area contributed by atoms with Crippen LogP contribution in [0, 0.1) is 0 Å². The molecule has 1 aliphatic rings. The summed E-state index contributed by atoms with van der Waals surface area (Å²) < 4.78 is 11.0. The summed E-state index contributed by atoms with van der Waals surface area (Å²) in [7, 11) is 1.67. The molecule has 1 fully saturated rings. The molecule has 0 aliphatic carbocycles. The quantitative estimate of drug-likeness (QED) is 0.545. The molecule has 0 unspecified atom stereocenters. The summed E-state index contributed by atoms with van der Waals surface area (Å²) in [5.41, 5.74) is 1.69.